The molecule has 2 aromatic heterocycles. The van der Waals surface area contributed by atoms with Crippen LogP contribution in [0.15, 0.2) is 47.2 Å². The van der Waals surface area contributed by atoms with Gasteiger partial charge in [0.1, 0.15) is 0 Å². The first-order valence-electron chi connectivity index (χ1n) is 8.66. The molecule has 136 valence electrons. The van der Waals surface area contributed by atoms with Gasteiger partial charge in [-0.3, -0.25) is 4.79 Å². The monoisotopic (exact) mass is 354 g/mol. The van der Waals surface area contributed by atoms with E-state index in [0.29, 0.717) is 24.1 Å². The van der Waals surface area contributed by atoms with Crippen molar-refractivity contribution in [3.8, 4) is 5.69 Å². The number of rotatable bonds is 8. The van der Waals surface area contributed by atoms with Gasteiger partial charge in [0.05, 0.1) is 11.9 Å². The molecular formula is C19H22N4O3. The molecule has 0 aliphatic rings. The van der Waals surface area contributed by atoms with Crippen LogP contribution in [0.1, 0.15) is 37.5 Å². The van der Waals surface area contributed by atoms with Crippen molar-refractivity contribution in [1.29, 1.82) is 0 Å². The van der Waals surface area contributed by atoms with Crippen molar-refractivity contribution >= 4 is 5.97 Å². The lowest BCUT2D eigenvalue weighted by atomic mass is 10.1. The van der Waals surface area contributed by atoms with E-state index in [1.54, 1.807) is 10.9 Å². The molecule has 1 aromatic carbocycles. The molecule has 26 heavy (non-hydrogen) atoms. The first-order chi connectivity index (χ1) is 12.6. The number of nitrogens with zero attached hydrogens (tertiary/aromatic N) is 4. The summed E-state index contributed by atoms with van der Waals surface area (Å²) in [4.78, 5) is 16.1. The molecule has 7 nitrogen and oxygen atoms in total. The van der Waals surface area contributed by atoms with Gasteiger partial charge in [-0.15, -0.1) is 0 Å². The van der Waals surface area contributed by atoms with Gasteiger partial charge in [-0.1, -0.05) is 37.2 Å². The predicted octanol–water partition coefficient (Wildman–Crippen LogP) is 3.13. The molecule has 3 rings (SSSR count). The maximum Gasteiger partial charge on any atom is 0.306 e. The van der Waals surface area contributed by atoms with Gasteiger partial charge < -0.3 is 9.26 Å². The SMILES string of the molecule is CC(C)Cc1noc(COC(=O)CCc2cnn(-c3ccccc3)c2)n1. The highest BCUT2D eigenvalue weighted by Gasteiger charge is 2.11. The number of aromatic nitrogens is 4. The van der Waals surface area contributed by atoms with Crippen molar-refractivity contribution in [2.45, 2.75) is 39.7 Å². The molecule has 0 fully saturated rings. The Labute approximate surface area is 152 Å². The zero-order valence-corrected chi connectivity index (χ0v) is 15.0. The van der Waals surface area contributed by atoms with Gasteiger partial charge in [0.25, 0.3) is 5.89 Å². The van der Waals surface area contributed by atoms with E-state index in [-0.39, 0.29) is 19.0 Å². The smallest absolute Gasteiger partial charge is 0.306 e. The number of para-hydroxylation sites is 1. The number of hydrogen-bond acceptors (Lipinski definition) is 6. The number of carbonyl (C=O) groups excluding carboxylic acids is 1. The Kier molecular flexibility index (Phi) is 5.78. The largest absolute Gasteiger partial charge is 0.456 e. The molecular weight excluding hydrogens is 332 g/mol. The molecule has 3 aromatic rings. The average Bonchev–Trinajstić information content (AvgIpc) is 3.28. The summed E-state index contributed by atoms with van der Waals surface area (Å²) in [5, 5.41) is 8.19. The van der Waals surface area contributed by atoms with E-state index in [9.17, 15) is 4.79 Å². The van der Waals surface area contributed by atoms with Crippen LogP contribution in [-0.2, 0) is 29.0 Å². The highest BCUT2D eigenvalue weighted by atomic mass is 16.6. The number of ether oxygens (including phenoxy) is 1. The third-order valence-electron chi connectivity index (χ3n) is 3.73. The minimum Gasteiger partial charge on any atom is -0.456 e. The van der Waals surface area contributed by atoms with Gasteiger partial charge >= 0.3 is 5.97 Å². The Hall–Kier alpha value is -2.96. The van der Waals surface area contributed by atoms with Crippen LogP contribution in [0.4, 0.5) is 0 Å². The van der Waals surface area contributed by atoms with Crippen molar-refractivity contribution in [1.82, 2.24) is 19.9 Å². The lowest BCUT2D eigenvalue weighted by molar-refractivity contribution is -0.145. The molecule has 0 atom stereocenters. The summed E-state index contributed by atoms with van der Waals surface area (Å²) >= 11 is 0. The summed E-state index contributed by atoms with van der Waals surface area (Å²) < 4.78 is 12.1. The molecule has 0 radical (unpaired) electrons. The second-order valence-electron chi connectivity index (χ2n) is 6.49. The normalized spacial score (nSPS) is 11.0. The molecule has 0 unspecified atom stereocenters. The van der Waals surface area contributed by atoms with Gasteiger partial charge in [-0.25, -0.2) is 4.68 Å². The van der Waals surface area contributed by atoms with Gasteiger partial charge in [0.15, 0.2) is 12.4 Å². The van der Waals surface area contributed by atoms with Crippen molar-refractivity contribution in [2.75, 3.05) is 0 Å². The molecule has 0 saturated heterocycles. The van der Waals surface area contributed by atoms with Crippen LogP contribution >= 0.6 is 0 Å². The molecule has 2 heterocycles. The number of carbonyl (C=O) groups is 1. The summed E-state index contributed by atoms with van der Waals surface area (Å²) in [6, 6.07) is 9.82. The van der Waals surface area contributed by atoms with Crippen molar-refractivity contribution in [3.63, 3.8) is 0 Å². The lowest BCUT2D eigenvalue weighted by Gasteiger charge is -2.01. The van der Waals surface area contributed by atoms with Crippen LogP contribution in [0.3, 0.4) is 0 Å². The molecule has 0 aliphatic heterocycles. The molecule has 0 spiro atoms. The van der Waals surface area contributed by atoms with Crippen molar-refractivity contribution < 1.29 is 14.1 Å². The fourth-order valence-corrected chi connectivity index (χ4v) is 2.47. The highest BCUT2D eigenvalue weighted by Crippen LogP contribution is 2.10. The summed E-state index contributed by atoms with van der Waals surface area (Å²) in [6.45, 7) is 4.17. The van der Waals surface area contributed by atoms with Crippen LogP contribution in [0.25, 0.3) is 5.69 Å². The van der Waals surface area contributed by atoms with E-state index in [2.05, 4.69) is 29.1 Å². The first kappa shape index (κ1) is 17.8. The first-order valence-corrected chi connectivity index (χ1v) is 8.66. The predicted molar refractivity (Wildman–Crippen MR) is 94.5 cm³/mol. The van der Waals surface area contributed by atoms with Gasteiger partial charge in [0.2, 0.25) is 0 Å². The standard InChI is InChI=1S/C19H22N4O3/c1-14(2)10-17-21-18(26-22-17)13-25-19(24)9-8-15-11-20-23(12-15)16-6-4-3-5-7-16/h3-7,11-12,14H,8-10,13H2,1-2H3. The van der Waals surface area contributed by atoms with E-state index >= 15 is 0 Å². The van der Waals surface area contributed by atoms with Gasteiger partial charge in [-0.2, -0.15) is 10.1 Å². The van der Waals surface area contributed by atoms with Crippen molar-refractivity contribution in [3.05, 3.63) is 60.0 Å². The summed E-state index contributed by atoms with van der Waals surface area (Å²) in [7, 11) is 0. The van der Waals surface area contributed by atoms with E-state index in [1.165, 1.54) is 0 Å². The fourth-order valence-electron chi connectivity index (χ4n) is 2.47. The van der Waals surface area contributed by atoms with E-state index in [0.717, 1.165) is 17.7 Å². The van der Waals surface area contributed by atoms with Crippen LogP contribution in [0.2, 0.25) is 0 Å². The zero-order chi connectivity index (χ0) is 18.4. The molecule has 7 heteroatoms. The van der Waals surface area contributed by atoms with Gasteiger partial charge in [-0.05, 0) is 30.0 Å². The highest BCUT2D eigenvalue weighted by molar-refractivity contribution is 5.69. The van der Waals surface area contributed by atoms with Gasteiger partial charge in [0, 0.05) is 19.0 Å². The third-order valence-corrected chi connectivity index (χ3v) is 3.73. The second kappa shape index (κ2) is 8.42. The van der Waals surface area contributed by atoms with Crippen LogP contribution in [0, 0.1) is 5.92 Å². The minimum atomic E-state index is -0.305. The topological polar surface area (TPSA) is 83.0 Å². The number of aryl methyl sites for hydroxylation is 1. The Bertz CT molecular complexity index is 839. The molecule has 0 saturated carbocycles. The molecule has 0 aliphatic carbocycles. The van der Waals surface area contributed by atoms with Crippen LogP contribution in [0.5, 0.6) is 0 Å². The zero-order valence-electron chi connectivity index (χ0n) is 15.0. The minimum absolute atomic E-state index is 0.00715. The maximum absolute atomic E-state index is 11.9. The Balaban J connectivity index is 1.44. The lowest BCUT2D eigenvalue weighted by Crippen LogP contribution is -2.06. The molecule has 0 bridgehead atoms. The van der Waals surface area contributed by atoms with Crippen LogP contribution in [-0.4, -0.2) is 25.9 Å². The third kappa shape index (κ3) is 5.02. The summed E-state index contributed by atoms with van der Waals surface area (Å²) in [5.41, 5.74) is 1.96. The van der Waals surface area contributed by atoms with E-state index < -0.39 is 0 Å². The number of hydrogen-bond donors (Lipinski definition) is 0. The molecule has 0 amide bonds. The Morgan fingerprint density at radius 2 is 2.08 bits per heavy atom. The van der Waals surface area contributed by atoms with E-state index in [1.807, 2.05) is 36.5 Å². The average molecular weight is 354 g/mol. The van der Waals surface area contributed by atoms with Crippen molar-refractivity contribution in [2.24, 2.45) is 5.92 Å². The summed E-state index contributed by atoms with van der Waals surface area (Å²) in [5.74, 6) is 1.10. The Morgan fingerprint density at radius 3 is 2.85 bits per heavy atom. The Morgan fingerprint density at radius 1 is 1.27 bits per heavy atom. The van der Waals surface area contributed by atoms with Crippen LogP contribution < -0.4 is 0 Å². The maximum atomic E-state index is 11.9. The quantitative estimate of drug-likeness (QED) is 0.578. The van der Waals surface area contributed by atoms with E-state index in [4.69, 9.17) is 9.26 Å². The number of benzene rings is 1. The number of esters is 1. The molecule has 0 N–H and O–H groups in total. The second-order valence-corrected chi connectivity index (χ2v) is 6.49. The summed E-state index contributed by atoms with van der Waals surface area (Å²) in [6.07, 6.45) is 5.25. The fraction of sp³-hybridized carbons (Fsp3) is 0.368.